The van der Waals surface area contributed by atoms with Gasteiger partial charge in [-0.05, 0) is 44.9 Å². The summed E-state index contributed by atoms with van der Waals surface area (Å²) in [5.41, 5.74) is 0. The van der Waals surface area contributed by atoms with E-state index in [1.165, 1.54) is 6.42 Å². The Labute approximate surface area is 163 Å². The van der Waals surface area contributed by atoms with E-state index in [2.05, 4.69) is 22.5 Å². The van der Waals surface area contributed by atoms with Gasteiger partial charge in [0, 0.05) is 59.2 Å². The molecule has 0 radical (unpaired) electrons. The summed E-state index contributed by atoms with van der Waals surface area (Å²) in [5.74, 6) is 1.88. The third kappa shape index (κ3) is 7.39. The summed E-state index contributed by atoms with van der Waals surface area (Å²) in [6, 6.07) is 0. The van der Waals surface area contributed by atoms with Crippen LogP contribution in [0.15, 0.2) is 4.99 Å². The normalized spacial score (nSPS) is 19.8. The molecule has 0 aliphatic carbocycles. The maximum Gasteiger partial charge on any atom is 0.222 e. The van der Waals surface area contributed by atoms with E-state index in [0.29, 0.717) is 24.7 Å². The minimum absolute atomic E-state index is 0.136. The van der Waals surface area contributed by atoms with Crippen LogP contribution in [0.3, 0.4) is 0 Å². The Balaban J connectivity index is 1.77. The molecule has 7 heteroatoms. The van der Waals surface area contributed by atoms with Gasteiger partial charge in [0.15, 0.2) is 5.96 Å². The number of amides is 2. The van der Waals surface area contributed by atoms with E-state index in [4.69, 9.17) is 4.99 Å². The van der Waals surface area contributed by atoms with Gasteiger partial charge in [0.2, 0.25) is 11.8 Å². The number of aliphatic imine (C=N–C) groups is 1. The summed E-state index contributed by atoms with van der Waals surface area (Å²) in [6.07, 6.45) is 7.63. The molecule has 2 N–H and O–H groups in total. The van der Waals surface area contributed by atoms with Gasteiger partial charge in [0.05, 0.1) is 0 Å². The number of rotatable bonds is 7. The first kappa shape index (κ1) is 21.5. The van der Waals surface area contributed by atoms with E-state index in [9.17, 15) is 9.59 Å². The molecule has 0 spiro atoms. The Morgan fingerprint density at radius 3 is 2.67 bits per heavy atom. The Hall–Kier alpha value is -1.79. The summed E-state index contributed by atoms with van der Waals surface area (Å²) in [7, 11) is 1.70. The Bertz CT molecular complexity index is 501. The fourth-order valence-electron chi connectivity index (χ4n) is 3.86. The molecule has 0 unspecified atom stereocenters. The van der Waals surface area contributed by atoms with Gasteiger partial charge in [-0.1, -0.05) is 6.42 Å². The van der Waals surface area contributed by atoms with Gasteiger partial charge in [0.25, 0.3) is 0 Å². The number of guanidine groups is 1. The lowest BCUT2D eigenvalue weighted by Gasteiger charge is -2.34. The van der Waals surface area contributed by atoms with Crippen LogP contribution in [0.1, 0.15) is 58.3 Å². The quantitative estimate of drug-likeness (QED) is 0.400. The number of carbonyl (C=O) groups is 2. The SMILES string of the molecule is CCNC(=NCCCN1CCCCCC1=O)N1CCC(CC(=O)NC)CC1. The Morgan fingerprint density at radius 2 is 1.96 bits per heavy atom. The van der Waals surface area contributed by atoms with Crippen molar-refractivity contribution in [3.05, 3.63) is 0 Å². The predicted octanol–water partition coefficient (Wildman–Crippen LogP) is 1.59. The summed E-state index contributed by atoms with van der Waals surface area (Å²) >= 11 is 0. The zero-order valence-electron chi connectivity index (χ0n) is 17.1. The van der Waals surface area contributed by atoms with Crippen molar-refractivity contribution < 1.29 is 9.59 Å². The average Bonchev–Trinajstić information content (AvgIpc) is 2.89. The van der Waals surface area contributed by atoms with Crippen molar-refractivity contribution in [1.29, 1.82) is 0 Å². The monoisotopic (exact) mass is 379 g/mol. The molecule has 0 aromatic rings. The number of nitrogens with zero attached hydrogens (tertiary/aromatic N) is 3. The van der Waals surface area contributed by atoms with E-state index in [0.717, 1.165) is 77.3 Å². The van der Waals surface area contributed by atoms with Crippen LogP contribution in [0.25, 0.3) is 0 Å². The van der Waals surface area contributed by atoms with Crippen molar-refractivity contribution in [3.8, 4) is 0 Å². The van der Waals surface area contributed by atoms with Gasteiger partial charge < -0.3 is 20.4 Å². The molecule has 27 heavy (non-hydrogen) atoms. The topological polar surface area (TPSA) is 77.0 Å². The van der Waals surface area contributed by atoms with Gasteiger partial charge >= 0.3 is 0 Å². The zero-order valence-corrected chi connectivity index (χ0v) is 17.1. The first-order valence-electron chi connectivity index (χ1n) is 10.7. The van der Waals surface area contributed by atoms with E-state index in [-0.39, 0.29) is 5.91 Å². The molecule has 2 aliphatic rings. The average molecular weight is 380 g/mol. The number of nitrogens with one attached hydrogen (secondary N) is 2. The maximum atomic E-state index is 12.1. The molecule has 154 valence electrons. The molecule has 0 atom stereocenters. The van der Waals surface area contributed by atoms with E-state index in [1.54, 1.807) is 7.05 Å². The van der Waals surface area contributed by atoms with E-state index in [1.807, 2.05) is 4.90 Å². The highest BCUT2D eigenvalue weighted by Crippen LogP contribution is 2.20. The van der Waals surface area contributed by atoms with Crippen molar-refractivity contribution >= 4 is 17.8 Å². The van der Waals surface area contributed by atoms with Crippen LogP contribution in [0.5, 0.6) is 0 Å². The van der Waals surface area contributed by atoms with Crippen LogP contribution < -0.4 is 10.6 Å². The van der Waals surface area contributed by atoms with Crippen LogP contribution >= 0.6 is 0 Å². The third-order valence-corrected chi connectivity index (χ3v) is 5.52. The van der Waals surface area contributed by atoms with Gasteiger partial charge in [-0.25, -0.2) is 0 Å². The molecule has 2 aliphatic heterocycles. The van der Waals surface area contributed by atoms with E-state index < -0.39 is 0 Å². The second-order valence-corrected chi connectivity index (χ2v) is 7.59. The van der Waals surface area contributed by atoms with Gasteiger partial charge in [0.1, 0.15) is 0 Å². The van der Waals surface area contributed by atoms with Crippen LogP contribution in [0.4, 0.5) is 0 Å². The van der Waals surface area contributed by atoms with Crippen molar-refractivity contribution in [3.63, 3.8) is 0 Å². The third-order valence-electron chi connectivity index (χ3n) is 5.52. The smallest absolute Gasteiger partial charge is 0.222 e. The summed E-state index contributed by atoms with van der Waals surface area (Å²) in [5, 5.41) is 6.11. The van der Waals surface area contributed by atoms with Gasteiger partial charge in [-0.2, -0.15) is 0 Å². The van der Waals surface area contributed by atoms with E-state index >= 15 is 0 Å². The Morgan fingerprint density at radius 1 is 1.19 bits per heavy atom. The number of hydrogen-bond donors (Lipinski definition) is 2. The predicted molar refractivity (Wildman–Crippen MR) is 109 cm³/mol. The minimum Gasteiger partial charge on any atom is -0.359 e. The first-order chi connectivity index (χ1) is 13.1. The Kier molecular flexibility index (Phi) is 9.42. The number of likely N-dealkylation sites (tertiary alicyclic amines) is 2. The lowest BCUT2D eigenvalue weighted by molar-refractivity contribution is -0.130. The molecule has 2 saturated heterocycles. The summed E-state index contributed by atoms with van der Waals surface area (Å²) in [6.45, 7) is 7.28. The second-order valence-electron chi connectivity index (χ2n) is 7.59. The van der Waals surface area contributed by atoms with Crippen molar-refractivity contribution in [1.82, 2.24) is 20.4 Å². The maximum absolute atomic E-state index is 12.1. The van der Waals surface area contributed by atoms with Crippen molar-refractivity contribution in [2.45, 2.75) is 58.3 Å². The standard InChI is InChI=1S/C20H37N5O2/c1-3-22-20(25-14-9-17(10-15-25)16-18(26)21-2)23-11-7-13-24-12-6-4-5-8-19(24)27/h17H,3-16H2,1-2H3,(H,21,26)(H,22,23). The molecule has 2 heterocycles. The lowest BCUT2D eigenvalue weighted by Crippen LogP contribution is -2.46. The second kappa shape index (κ2) is 11.8. The van der Waals surface area contributed by atoms with Crippen LogP contribution in [0.2, 0.25) is 0 Å². The zero-order chi connectivity index (χ0) is 19.5. The lowest BCUT2D eigenvalue weighted by atomic mass is 9.93. The fraction of sp³-hybridized carbons (Fsp3) is 0.850. The molecule has 0 bridgehead atoms. The molecular weight excluding hydrogens is 342 g/mol. The fourth-order valence-corrected chi connectivity index (χ4v) is 3.86. The summed E-state index contributed by atoms with van der Waals surface area (Å²) in [4.78, 5) is 32.7. The first-order valence-corrected chi connectivity index (χ1v) is 10.7. The molecule has 0 saturated carbocycles. The molecule has 2 fully saturated rings. The highest BCUT2D eigenvalue weighted by molar-refractivity contribution is 5.80. The molecule has 2 amide bonds. The molecule has 2 rings (SSSR count). The molecular formula is C20H37N5O2. The van der Waals surface area contributed by atoms with Crippen LogP contribution in [0, 0.1) is 5.92 Å². The minimum atomic E-state index is 0.136. The number of carbonyl (C=O) groups excluding carboxylic acids is 2. The van der Waals surface area contributed by atoms with Gasteiger partial charge in [-0.3, -0.25) is 14.6 Å². The molecule has 0 aromatic carbocycles. The van der Waals surface area contributed by atoms with Crippen LogP contribution in [-0.4, -0.2) is 73.9 Å². The highest BCUT2D eigenvalue weighted by Gasteiger charge is 2.23. The number of hydrogen-bond acceptors (Lipinski definition) is 3. The summed E-state index contributed by atoms with van der Waals surface area (Å²) < 4.78 is 0. The van der Waals surface area contributed by atoms with Crippen molar-refractivity contribution in [2.24, 2.45) is 10.9 Å². The number of piperidine rings is 1. The van der Waals surface area contributed by atoms with Crippen molar-refractivity contribution in [2.75, 3.05) is 46.3 Å². The molecule has 0 aromatic heterocycles. The largest absolute Gasteiger partial charge is 0.359 e. The van der Waals surface area contributed by atoms with Crippen LogP contribution in [-0.2, 0) is 9.59 Å². The molecule has 7 nitrogen and oxygen atoms in total. The highest BCUT2D eigenvalue weighted by atomic mass is 16.2. The van der Waals surface area contributed by atoms with Gasteiger partial charge in [-0.15, -0.1) is 0 Å².